The molecule has 100 valence electrons. The molecule has 1 unspecified atom stereocenters. The predicted octanol–water partition coefficient (Wildman–Crippen LogP) is 0.495. The van der Waals surface area contributed by atoms with E-state index in [2.05, 4.69) is 4.72 Å². The molecule has 0 spiro atoms. The van der Waals surface area contributed by atoms with Gasteiger partial charge in [-0.2, -0.15) is 0 Å². The van der Waals surface area contributed by atoms with Crippen LogP contribution in [0, 0.1) is 5.92 Å². The van der Waals surface area contributed by atoms with Crippen molar-refractivity contribution in [3.05, 3.63) is 17.0 Å². The molecule has 0 amide bonds. The van der Waals surface area contributed by atoms with Gasteiger partial charge in [-0.25, -0.2) is 17.9 Å². The maximum atomic E-state index is 11.8. The van der Waals surface area contributed by atoms with Gasteiger partial charge in [0.15, 0.2) is 0 Å². The van der Waals surface area contributed by atoms with Crippen molar-refractivity contribution in [2.45, 2.75) is 23.2 Å². The number of aliphatic hydroxyl groups is 1. The summed E-state index contributed by atoms with van der Waals surface area (Å²) in [4.78, 5) is 10.6. The van der Waals surface area contributed by atoms with E-state index >= 15 is 0 Å². The number of nitrogens with one attached hydrogen (secondary N) is 1. The number of hydrogen-bond donors (Lipinski definition) is 3. The third-order valence-electron chi connectivity index (χ3n) is 2.71. The van der Waals surface area contributed by atoms with Crippen LogP contribution in [0.3, 0.4) is 0 Å². The molecule has 0 aliphatic heterocycles. The van der Waals surface area contributed by atoms with Crippen LogP contribution in [0.25, 0.3) is 0 Å². The van der Waals surface area contributed by atoms with Gasteiger partial charge in [0.2, 0.25) is 10.0 Å². The predicted molar refractivity (Wildman–Crippen MR) is 65.2 cm³/mol. The summed E-state index contributed by atoms with van der Waals surface area (Å²) in [5.41, 5.74) is 0. The third-order valence-corrected chi connectivity index (χ3v) is 5.69. The molecule has 1 aromatic rings. The van der Waals surface area contributed by atoms with Gasteiger partial charge in [0.05, 0.1) is 6.10 Å². The molecule has 0 aromatic carbocycles. The second-order valence-electron chi connectivity index (χ2n) is 4.18. The zero-order chi connectivity index (χ0) is 13.3. The maximum absolute atomic E-state index is 11.8. The minimum atomic E-state index is -3.73. The first-order chi connectivity index (χ1) is 8.40. The lowest BCUT2D eigenvalue weighted by atomic mass is 10.2. The monoisotopic (exact) mass is 291 g/mol. The summed E-state index contributed by atoms with van der Waals surface area (Å²) in [6.07, 6.45) is 1.18. The van der Waals surface area contributed by atoms with Crippen molar-refractivity contribution in [2.75, 3.05) is 6.54 Å². The van der Waals surface area contributed by atoms with E-state index in [0.717, 1.165) is 12.8 Å². The van der Waals surface area contributed by atoms with Crippen molar-refractivity contribution >= 4 is 27.3 Å². The molecule has 1 heterocycles. The minimum absolute atomic E-state index is 0.0295. The Bertz CT molecular complexity index is 546. The highest BCUT2D eigenvalue weighted by Gasteiger charge is 2.30. The SMILES string of the molecule is O=C(O)c1ccc(S(=O)(=O)NCC(O)C2CC2)s1. The van der Waals surface area contributed by atoms with Crippen LogP contribution in [0.4, 0.5) is 0 Å². The summed E-state index contributed by atoms with van der Waals surface area (Å²) >= 11 is 0.692. The van der Waals surface area contributed by atoms with E-state index in [9.17, 15) is 18.3 Å². The number of aliphatic hydroxyl groups excluding tert-OH is 1. The van der Waals surface area contributed by atoms with E-state index in [1.807, 2.05) is 0 Å². The largest absolute Gasteiger partial charge is 0.477 e. The molecule has 3 N–H and O–H groups in total. The van der Waals surface area contributed by atoms with Crippen molar-refractivity contribution in [1.29, 1.82) is 0 Å². The quantitative estimate of drug-likeness (QED) is 0.708. The average molecular weight is 291 g/mol. The molecule has 0 bridgehead atoms. The number of carbonyl (C=O) groups is 1. The number of hydrogen-bond acceptors (Lipinski definition) is 5. The zero-order valence-corrected chi connectivity index (χ0v) is 11.0. The number of carboxylic acids is 1. The van der Waals surface area contributed by atoms with E-state index in [4.69, 9.17) is 5.11 Å². The van der Waals surface area contributed by atoms with Gasteiger partial charge >= 0.3 is 5.97 Å². The number of rotatable bonds is 6. The Kier molecular flexibility index (Phi) is 3.71. The van der Waals surface area contributed by atoms with E-state index < -0.39 is 22.1 Å². The first-order valence-corrected chi connectivity index (χ1v) is 7.71. The molecule has 1 atom stereocenters. The van der Waals surface area contributed by atoms with E-state index in [1.54, 1.807) is 0 Å². The summed E-state index contributed by atoms with van der Waals surface area (Å²) in [7, 11) is -3.73. The highest BCUT2D eigenvalue weighted by atomic mass is 32.2. The molecule has 18 heavy (non-hydrogen) atoms. The van der Waals surface area contributed by atoms with Crippen molar-refractivity contribution in [1.82, 2.24) is 4.72 Å². The van der Waals surface area contributed by atoms with Crippen LogP contribution >= 0.6 is 11.3 Å². The van der Waals surface area contributed by atoms with Gasteiger partial charge in [-0.15, -0.1) is 11.3 Å². The van der Waals surface area contributed by atoms with Gasteiger partial charge < -0.3 is 10.2 Å². The van der Waals surface area contributed by atoms with E-state index in [0.29, 0.717) is 11.3 Å². The number of carboxylic acid groups (broad SMARTS) is 1. The molecule has 1 saturated carbocycles. The topological polar surface area (TPSA) is 104 Å². The molecule has 1 aliphatic carbocycles. The Morgan fingerprint density at radius 1 is 1.50 bits per heavy atom. The molecule has 0 saturated heterocycles. The molecular formula is C10H13NO5S2. The fraction of sp³-hybridized carbons (Fsp3) is 0.500. The molecule has 1 fully saturated rings. The van der Waals surface area contributed by atoms with E-state index in [1.165, 1.54) is 12.1 Å². The van der Waals surface area contributed by atoms with Gasteiger partial charge in [0.1, 0.15) is 9.09 Å². The Morgan fingerprint density at radius 3 is 2.67 bits per heavy atom. The Morgan fingerprint density at radius 2 is 2.17 bits per heavy atom. The molecule has 2 rings (SSSR count). The number of aromatic carboxylic acids is 1. The second kappa shape index (κ2) is 4.96. The van der Waals surface area contributed by atoms with Crippen LogP contribution in [0.5, 0.6) is 0 Å². The maximum Gasteiger partial charge on any atom is 0.345 e. The summed E-state index contributed by atoms with van der Waals surface area (Å²) in [5, 5.41) is 18.3. The summed E-state index contributed by atoms with van der Waals surface area (Å²) < 4.78 is 25.9. The van der Waals surface area contributed by atoms with Crippen molar-refractivity contribution in [2.24, 2.45) is 5.92 Å². The fourth-order valence-electron chi connectivity index (χ4n) is 1.49. The van der Waals surface area contributed by atoms with Crippen LogP contribution in [0.2, 0.25) is 0 Å². The lowest BCUT2D eigenvalue weighted by Crippen LogP contribution is -2.32. The lowest BCUT2D eigenvalue weighted by molar-refractivity contribution is 0.0702. The Labute approximate surface area is 108 Å². The van der Waals surface area contributed by atoms with Gasteiger partial charge in [-0.3, -0.25) is 0 Å². The number of sulfonamides is 1. The number of thiophene rings is 1. The first-order valence-electron chi connectivity index (χ1n) is 5.41. The highest BCUT2D eigenvalue weighted by Crippen LogP contribution is 2.32. The standard InChI is InChI=1S/C10H13NO5S2/c12-7(6-1-2-6)5-11-18(15,16)9-4-3-8(17-9)10(13)14/h3-4,6-7,11-12H,1-2,5H2,(H,13,14). The van der Waals surface area contributed by atoms with Gasteiger partial charge in [-0.05, 0) is 30.9 Å². The summed E-state index contributed by atoms with van der Waals surface area (Å²) in [5.74, 6) is -0.968. The molecule has 6 nitrogen and oxygen atoms in total. The van der Waals surface area contributed by atoms with Gasteiger partial charge in [0, 0.05) is 6.54 Å². The van der Waals surface area contributed by atoms with Crippen LogP contribution in [0.15, 0.2) is 16.3 Å². The Hall–Kier alpha value is -0.960. The zero-order valence-electron chi connectivity index (χ0n) is 9.37. The highest BCUT2D eigenvalue weighted by molar-refractivity contribution is 7.91. The van der Waals surface area contributed by atoms with Crippen LogP contribution in [-0.4, -0.2) is 37.2 Å². The minimum Gasteiger partial charge on any atom is -0.477 e. The third kappa shape index (κ3) is 3.08. The molecule has 1 aliphatic rings. The molecule has 8 heteroatoms. The van der Waals surface area contributed by atoms with Crippen LogP contribution in [0.1, 0.15) is 22.5 Å². The van der Waals surface area contributed by atoms with E-state index in [-0.39, 0.29) is 21.5 Å². The smallest absolute Gasteiger partial charge is 0.345 e. The van der Waals surface area contributed by atoms with Crippen LogP contribution in [-0.2, 0) is 10.0 Å². The fourth-order valence-corrected chi connectivity index (χ4v) is 3.73. The lowest BCUT2D eigenvalue weighted by Gasteiger charge is -2.09. The van der Waals surface area contributed by atoms with Crippen LogP contribution < -0.4 is 4.72 Å². The van der Waals surface area contributed by atoms with Gasteiger partial charge in [0.25, 0.3) is 0 Å². The summed E-state index contributed by atoms with van der Waals surface area (Å²) in [6.45, 7) is -0.0344. The normalized spacial score (nSPS) is 17.6. The second-order valence-corrected chi connectivity index (χ2v) is 7.26. The molecule has 0 radical (unpaired) electrons. The summed E-state index contributed by atoms with van der Waals surface area (Å²) in [6, 6.07) is 2.50. The van der Waals surface area contributed by atoms with Crippen molar-refractivity contribution < 1.29 is 23.4 Å². The Balaban J connectivity index is 2.02. The molecular weight excluding hydrogens is 278 g/mol. The first kappa shape index (κ1) is 13.5. The van der Waals surface area contributed by atoms with Gasteiger partial charge in [-0.1, -0.05) is 0 Å². The molecule has 1 aromatic heterocycles. The van der Waals surface area contributed by atoms with Crippen molar-refractivity contribution in [3.8, 4) is 0 Å². The average Bonchev–Trinajstić information content (AvgIpc) is 3.02. The van der Waals surface area contributed by atoms with Crippen molar-refractivity contribution in [3.63, 3.8) is 0 Å².